The molecule has 2 heterocycles. The van der Waals surface area contributed by atoms with Gasteiger partial charge >= 0.3 is 12.2 Å². The lowest BCUT2D eigenvalue weighted by Gasteiger charge is -2.38. The average molecular weight is 471 g/mol. The zero-order chi connectivity index (χ0) is 24.9. The average Bonchev–Trinajstić information content (AvgIpc) is 3.08. The van der Waals surface area contributed by atoms with E-state index in [4.69, 9.17) is 13.9 Å². The van der Waals surface area contributed by atoms with Crippen molar-refractivity contribution in [2.24, 2.45) is 11.8 Å². The minimum absolute atomic E-state index is 0.00993. The Labute approximate surface area is 194 Å². The Morgan fingerprint density at radius 3 is 1.88 bits per heavy atom. The van der Waals surface area contributed by atoms with Crippen LogP contribution < -0.4 is 0 Å². The third-order valence-electron chi connectivity index (χ3n) is 6.41. The number of carbonyl (C=O) groups is 3. The van der Waals surface area contributed by atoms with Crippen molar-refractivity contribution in [1.29, 1.82) is 0 Å². The first kappa shape index (κ1) is 26.6. The van der Waals surface area contributed by atoms with Gasteiger partial charge < -0.3 is 18.8 Å². The molecule has 3 amide bonds. The normalized spacial score (nSPS) is 24.6. The Balaban J connectivity index is 2.27. The number of imide groups is 1. The zero-order valence-electron chi connectivity index (χ0n) is 21.7. The van der Waals surface area contributed by atoms with Gasteiger partial charge in [0.15, 0.2) is 8.32 Å². The molecule has 3 atom stereocenters. The molecule has 9 heteroatoms. The topological polar surface area (TPSA) is 85.4 Å². The summed E-state index contributed by atoms with van der Waals surface area (Å²) >= 11 is 0. The fourth-order valence-corrected chi connectivity index (χ4v) is 4.75. The predicted octanol–water partition coefficient (Wildman–Crippen LogP) is 4.64. The van der Waals surface area contributed by atoms with E-state index in [1.54, 1.807) is 25.7 Å². The summed E-state index contributed by atoms with van der Waals surface area (Å²) in [6, 6.07) is -0.482. The molecule has 0 aliphatic carbocycles. The molecule has 0 aromatic rings. The summed E-state index contributed by atoms with van der Waals surface area (Å²) in [5.41, 5.74) is -1.34. The molecule has 2 aliphatic heterocycles. The van der Waals surface area contributed by atoms with Crippen molar-refractivity contribution in [3.63, 3.8) is 0 Å². The van der Waals surface area contributed by atoms with Crippen molar-refractivity contribution in [3.8, 4) is 0 Å². The molecule has 184 valence electrons. The van der Waals surface area contributed by atoms with Gasteiger partial charge in [-0.3, -0.25) is 4.79 Å². The van der Waals surface area contributed by atoms with E-state index in [-0.39, 0.29) is 30.0 Å². The molecule has 32 heavy (non-hydrogen) atoms. The number of fused-ring (bicyclic) bond motifs is 1. The number of nitrogens with zero attached hydrogens (tertiary/aromatic N) is 2. The standard InChI is InChI=1S/C23H42N2O6Si/c1-21(2,3)30-19(27)24-12-15-16(13-24)18(26)25(20(28)31-22(4,5)6)17(15)14-29-32(10,11)23(7,8)9/h15-17H,12-14H2,1-11H3. The molecule has 0 aromatic carbocycles. The summed E-state index contributed by atoms with van der Waals surface area (Å²) in [5.74, 6) is -0.991. The number of amides is 3. The number of ether oxygens (including phenoxy) is 2. The van der Waals surface area contributed by atoms with Gasteiger partial charge in [0.25, 0.3) is 0 Å². The summed E-state index contributed by atoms with van der Waals surface area (Å²) < 4.78 is 17.5. The van der Waals surface area contributed by atoms with Crippen molar-refractivity contribution in [2.75, 3.05) is 19.7 Å². The lowest BCUT2D eigenvalue weighted by atomic mass is 9.94. The van der Waals surface area contributed by atoms with Crippen LogP contribution in [0.1, 0.15) is 62.3 Å². The van der Waals surface area contributed by atoms with Crippen LogP contribution in [0.3, 0.4) is 0 Å². The SMILES string of the molecule is CC(C)(C)OC(=O)N1CC2C(=O)N(C(=O)OC(C)(C)C)C(CO[Si](C)(C)C(C)(C)C)C2C1. The Morgan fingerprint density at radius 1 is 0.906 bits per heavy atom. The first-order chi connectivity index (χ1) is 14.2. The highest BCUT2D eigenvalue weighted by Crippen LogP contribution is 2.41. The smallest absolute Gasteiger partial charge is 0.417 e. The quantitative estimate of drug-likeness (QED) is 0.559. The molecule has 2 fully saturated rings. The van der Waals surface area contributed by atoms with Crippen molar-refractivity contribution in [1.82, 2.24) is 9.80 Å². The highest BCUT2D eigenvalue weighted by Gasteiger charge is 2.57. The fourth-order valence-electron chi connectivity index (χ4n) is 3.73. The summed E-state index contributed by atoms with van der Waals surface area (Å²) in [4.78, 5) is 41.7. The van der Waals surface area contributed by atoms with E-state index in [0.717, 1.165) is 0 Å². The van der Waals surface area contributed by atoms with E-state index >= 15 is 0 Å². The molecule has 3 unspecified atom stereocenters. The van der Waals surface area contributed by atoms with Gasteiger partial charge in [-0.2, -0.15) is 0 Å². The third kappa shape index (κ3) is 6.04. The van der Waals surface area contributed by atoms with E-state index in [9.17, 15) is 14.4 Å². The van der Waals surface area contributed by atoms with Gasteiger partial charge in [0.2, 0.25) is 5.91 Å². The van der Waals surface area contributed by atoms with Crippen LogP contribution in [0.2, 0.25) is 18.1 Å². The van der Waals surface area contributed by atoms with Crippen molar-refractivity contribution >= 4 is 26.4 Å². The highest BCUT2D eigenvalue weighted by atomic mass is 28.4. The summed E-state index contributed by atoms with van der Waals surface area (Å²) in [7, 11) is -2.12. The predicted molar refractivity (Wildman–Crippen MR) is 125 cm³/mol. The Hall–Kier alpha value is -1.61. The number of hydrogen-bond acceptors (Lipinski definition) is 6. The molecule has 0 saturated carbocycles. The molecule has 2 saturated heterocycles. The van der Waals surface area contributed by atoms with Crippen LogP contribution in [0.25, 0.3) is 0 Å². The minimum Gasteiger partial charge on any atom is -0.444 e. The van der Waals surface area contributed by atoms with E-state index in [1.807, 2.05) is 20.8 Å². The second-order valence-electron chi connectivity index (χ2n) is 12.5. The largest absolute Gasteiger partial charge is 0.444 e. The highest BCUT2D eigenvalue weighted by molar-refractivity contribution is 6.74. The lowest BCUT2D eigenvalue weighted by Crippen LogP contribution is -2.50. The van der Waals surface area contributed by atoms with E-state index < -0.39 is 43.7 Å². The van der Waals surface area contributed by atoms with E-state index in [0.29, 0.717) is 6.54 Å². The third-order valence-corrected chi connectivity index (χ3v) is 10.9. The molecule has 0 N–H and O–H groups in total. The van der Waals surface area contributed by atoms with Crippen LogP contribution in [0.4, 0.5) is 9.59 Å². The van der Waals surface area contributed by atoms with E-state index in [2.05, 4.69) is 33.9 Å². The second kappa shape index (κ2) is 8.63. The summed E-state index contributed by atoms with van der Waals surface area (Å²) in [6.45, 7) is 22.3. The number of carbonyl (C=O) groups excluding carboxylic acids is 3. The molecule has 0 radical (unpaired) electrons. The number of likely N-dealkylation sites (tertiary alicyclic amines) is 2. The lowest BCUT2D eigenvalue weighted by molar-refractivity contribution is -0.131. The zero-order valence-corrected chi connectivity index (χ0v) is 22.7. The van der Waals surface area contributed by atoms with Crippen LogP contribution in [-0.4, -0.2) is 73.2 Å². The van der Waals surface area contributed by atoms with Crippen LogP contribution in [0.15, 0.2) is 0 Å². The molecule has 2 rings (SSSR count). The van der Waals surface area contributed by atoms with Crippen LogP contribution in [0.5, 0.6) is 0 Å². The van der Waals surface area contributed by atoms with E-state index in [1.165, 1.54) is 4.90 Å². The Morgan fingerprint density at radius 2 is 1.41 bits per heavy atom. The van der Waals surface area contributed by atoms with Crippen LogP contribution in [-0.2, 0) is 18.7 Å². The van der Waals surface area contributed by atoms with Crippen molar-refractivity contribution in [3.05, 3.63) is 0 Å². The first-order valence-corrected chi connectivity index (χ1v) is 14.3. The van der Waals surface area contributed by atoms with Gasteiger partial charge in [-0.25, -0.2) is 14.5 Å². The van der Waals surface area contributed by atoms with Gasteiger partial charge in [-0.15, -0.1) is 0 Å². The fraction of sp³-hybridized carbons (Fsp3) is 0.870. The van der Waals surface area contributed by atoms with Crippen LogP contribution in [0, 0.1) is 11.8 Å². The minimum atomic E-state index is -2.12. The van der Waals surface area contributed by atoms with Gasteiger partial charge in [0, 0.05) is 19.0 Å². The first-order valence-electron chi connectivity index (χ1n) is 11.4. The maximum atomic E-state index is 13.3. The number of rotatable bonds is 3. The molecule has 8 nitrogen and oxygen atoms in total. The number of hydrogen-bond donors (Lipinski definition) is 0. The molecule has 2 aliphatic rings. The van der Waals surface area contributed by atoms with Crippen molar-refractivity contribution in [2.45, 2.75) is 97.7 Å². The van der Waals surface area contributed by atoms with Gasteiger partial charge in [0.05, 0.1) is 18.6 Å². The van der Waals surface area contributed by atoms with Crippen molar-refractivity contribution < 1.29 is 28.3 Å². The van der Waals surface area contributed by atoms with Gasteiger partial charge in [-0.05, 0) is 59.7 Å². The molecule has 0 aromatic heterocycles. The molecular weight excluding hydrogens is 428 g/mol. The second-order valence-corrected chi connectivity index (χ2v) is 17.3. The Bertz CT molecular complexity index is 747. The maximum absolute atomic E-state index is 13.3. The summed E-state index contributed by atoms with van der Waals surface area (Å²) in [6.07, 6.45) is -1.09. The van der Waals surface area contributed by atoms with Gasteiger partial charge in [0.1, 0.15) is 11.2 Å². The van der Waals surface area contributed by atoms with Gasteiger partial charge in [-0.1, -0.05) is 20.8 Å². The molecule has 0 bridgehead atoms. The summed E-state index contributed by atoms with van der Waals surface area (Å²) in [5, 5.41) is -0.00993. The maximum Gasteiger partial charge on any atom is 0.417 e. The monoisotopic (exact) mass is 470 g/mol. The Kier molecular flexibility index (Phi) is 7.18. The molecular formula is C23H42N2O6Si. The molecule has 0 spiro atoms. The van der Waals surface area contributed by atoms with Crippen LogP contribution >= 0.6 is 0 Å².